The number of hydrogen-bond acceptors (Lipinski definition) is 3. The van der Waals surface area contributed by atoms with Gasteiger partial charge in [-0.15, -0.1) is 0 Å². The number of benzene rings is 3. The third kappa shape index (κ3) is 4.64. The van der Waals surface area contributed by atoms with Crippen LogP contribution in [0.2, 0.25) is 0 Å². The summed E-state index contributed by atoms with van der Waals surface area (Å²) in [5, 5.41) is 9.99. The fourth-order valence-electron chi connectivity index (χ4n) is 4.16. The van der Waals surface area contributed by atoms with Crippen molar-refractivity contribution >= 4 is 10.8 Å². The van der Waals surface area contributed by atoms with Gasteiger partial charge in [0.1, 0.15) is 29.1 Å². The zero-order valence-electron chi connectivity index (χ0n) is 17.8. The molecule has 3 nitrogen and oxygen atoms in total. The Bertz CT molecular complexity index is 1140. The maximum Gasteiger partial charge on any atom is 0.183 e. The van der Waals surface area contributed by atoms with Crippen LogP contribution in [0.4, 0.5) is 13.2 Å². The molecule has 0 spiro atoms. The maximum absolute atomic E-state index is 15.1. The lowest BCUT2D eigenvalue weighted by atomic mass is 9.98. The SMILES string of the molecule is CCCC1COC(c2ccc3c(F)c(CCc4cc(F)c(C#N)c(F)c4)ccc3c2)OC1. The van der Waals surface area contributed by atoms with Crippen LogP contribution in [-0.2, 0) is 22.3 Å². The maximum atomic E-state index is 15.1. The first-order valence-corrected chi connectivity index (χ1v) is 10.8. The Labute approximate surface area is 185 Å². The Kier molecular flexibility index (Phi) is 6.78. The largest absolute Gasteiger partial charge is 0.348 e. The molecule has 1 aliphatic heterocycles. The molecule has 0 saturated carbocycles. The van der Waals surface area contributed by atoms with Gasteiger partial charge in [-0.3, -0.25) is 0 Å². The summed E-state index contributed by atoms with van der Waals surface area (Å²) >= 11 is 0. The van der Waals surface area contributed by atoms with Crippen LogP contribution in [0.3, 0.4) is 0 Å². The number of rotatable bonds is 6. The quantitative estimate of drug-likeness (QED) is 0.448. The van der Waals surface area contributed by atoms with Crippen molar-refractivity contribution in [2.24, 2.45) is 5.92 Å². The third-order valence-corrected chi connectivity index (χ3v) is 5.89. The number of fused-ring (bicyclic) bond motifs is 1. The van der Waals surface area contributed by atoms with E-state index in [4.69, 9.17) is 14.7 Å². The standard InChI is InChI=1S/C26H24F3NO2/c1-2-3-17-14-31-26(32-15-17)20-8-9-21-19(12-20)7-6-18(25(21)29)5-4-16-10-23(27)22(13-30)24(28)11-16/h6-12,17,26H,2-5,14-15H2,1H3. The highest BCUT2D eigenvalue weighted by atomic mass is 19.1. The molecule has 1 fully saturated rings. The molecule has 1 aliphatic rings. The highest BCUT2D eigenvalue weighted by Crippen LogP contribution is 2.31. The van der Waals surface area contributed by atoms with Crippen molar-refractivity contribution in [3.05, 3.63) is 82.2 Å². The lowest BCUT2D eigenvalue weighted by Gasteiger charge is -2.29. The van der Waals surface area contributed by atoms with Gasteiger partial charge in [0, 0.05) is 16.9 Å². The fraction of sp³-hybridized carbons (Fsp3) is 0.346. The third-order valence-electron chi connectivity index (χ3n) is 5.89. The second-order valence-corrected chi connectivity index (χ2v) is 8.22. The van der Waals surface area contributed by atoms with Gasteiger partial charge >= 0.3 is 0 Å². The molecule has 0 atom stereocenters. The fourth-order valence-corrected chi connectivity index (χ4v) is 4.16. The lowest BCUT2D eigenvalue weighted by molar-refractivity contribution is -0.206. The van der Waals surface area contributed by atoms with Gasteiger partial charge in [-0.05, 0) is 54.0 Å². The van der Waals surface area contributed by atoms with Crippen LogP contribution in [0.25, 0.3) is 10.8 Å². The normalized spacial score (nSPS) is 18.6. The summed E-state index contributed by atoms with van der Waals surface area (Å²) in [6, 6.07) is 12.7. The van der Waals surface area contributed by atoms with Crippen LogP contribution in [0.1, 0.15) is 48.3 Å². The van der Waals surface area contributed by atoms with Crippen LogP contribution in [-0.4, -0.2) is 13.2 Å². The molecule has 1 saturated heterocycles. The lowest BCUT2D eigenvalue weighted by Crippen LogP contribution is -2.26. The molecule has 32 heavy (non-hydrogen) atoms. The predicted molar refractivity (Wildman–Crippen MR) is 115 cm³/mol. The molecule has 3 aromatic carbocycles. The van der Waals surface area contributed by atoms with Gasteiger partial charge in [-0.2, -0.15) is 5.26 Å². The van der Waals surface area contributed by atoms with Crippen LogP contribution in [0.5, 0.6) is 0 Å². The summed E-state index contributed by atoms with van der Waals surface area (Å²) in [5.41, 5.74) is 1.08. The van der Waals surface area contributed by atoms with Crippen LogP contribution in [0, 0.1) is 34.7 Å². The van der Waals surface area contributed by atoms with E-state index < -0.39 is 23.5 Å². The summed E-state index contributed by atoms with van der Waals surface area (Å²) in [6.45, 7) is 3.44. The van der Waals surface area contributed by atoms with E-state index in [9.17, 15) is 8.78 Å². The summed E-state index contributed by atoms with van der Waals surface area (Å²) in [5.74, 6) is -1.74. The minimum absolute atomic E-state index is 0.253. The zero-order valence-corrected chi connectivity index (χ0v) is 17.8. The van der Waals surface area contributed by atoms with E-state index in [1.54, 1.807) is 12.1 Å². The summed E-state index contributed by atoms with van der Waals surface area (Å²) in [4.78, 5) is 0. The molecule has 0 bridgehead atoms. The molecular weight excluding hydrogens is 415 g/mol. The van der Waals surface area contributed by atoms with E-state index >= 15 is 4.39 Å². The van der Waals surface area contributed by atoms with Crippen LogP contribution >= 0.6 is 0 Å². The van der Waals surface area contributed by atoms with Gasteiger partial charge in [-0.25, -0.2) is 13.2 Å². The minimum Gasteiger partial charge on any atom is -0.348 e. The molecular formula is C26H24F3NO2. The highest BCUT2D eigenvalue weighted by molar-refractivity contribution is 5.84. The number of nitrogens with zero attached hydrogens (tertiary/aromatic N) is 1. The van der Waals surface area contributed by atoms with E-state index in [-0.39, 0.29) is 18.7 Å². The van der Waals surface area contributed by atoms with E-state index in [1.807, 2.05) is 18.2 Å². The first-order valence-electron chi connectivity index (χ1n) is 10.8. The predicted octanol–water partition coefficient (Wildman–Crippen LogP) is 6.38. The average molecular weight is 439 g/mol. The smallest absolute Gasteiger partial charge is 0.183 e. The average Bonchev–Trinajstić information content (AvgIpc) is 2.79. The van der Waals surface area contributed by atoms with Crippen molar-refractivity contribution < 1.29 is 22.6 Å². The molecule has 0 unspecified atom stereocenters. The summed E-state index contributed by atoms with van der Waals surface area (Å²) in [6.07, 6.45) is 2.25. The van der Waals surface area contributed by atoms with Crippen LogP contribution in [0.15, 0.2) is 42.5 Å². The van der Waals surface area contributed by atoms with Gasteiger partial charge in [0.2, 0.25) is 0 Å². The molecule has 4 rings (SSSR count). The minimum atomic E-state index is -0.901. The Morgan fingerprint density at radius 3 is 2.34 bits per heavy atom. The molecule has 1 heterocycles. The van der Waals surface area contributed by atoms with Gasteiger partial charge in [-0.1, -0.05) is 37.6 Å². The Balaban J connectivity index is 1.49. The topological polar surface area (TPSA) is 42.2 Å². The van der Waals surface area contributed by atoms with E-state index in [0.717, 1.165) is 35.9 Å². The zero-order chi connectivity index (χ0) is 22.7. The number of ether oxygens (including phenoxy) is 2. The molecule has 0 aliphatic carbocycles. The molecule has 6 heteroatoms. The van der Waals surface area contributed by atoms with Crippen molar-refractivity contribution in [3.63, 3.8) is 0 Å². The Hall–Kier alpha value is -2.88. The van der Waals surface area contributed by atoms with E-state index in [0.29, 0.717) is 35.6 Å². The van der Waals surface area contributed by atoms with Crippen LogP contribution < -0.4 is 0 Å². The van der Waals surface area contributed by atoms with Gasteiger partial charge in [0.15, 0.2) is 6.29 Å². The summed E-state index contributed by atoms with van der Waals surface area (Å²) < 4.78 is 54.5. The van der Waals surface area contributed by atoms with Crippen molar-refractivity contribution in [3.8, 4) is 6.07 Å². The second kappa shape index (κ2) is 9.72. The van der Waals surface area contributed by atoms with Crippen molar-refractivity contribution in [2.45, 2.75) is 38.9 Å². The van der Waals surface area contributed by atoms with Gasteiger partial charge < -0.3 is 9.47 Å². The monoisotopic (exact) mass is 439 g/mol. The number of aryl methyl sites for hydroxylation is 2. The van der Waals surface area contributed by atoms with E-state index in [1.165, 1.54) is 6.07 Å². The molecule has 3 aromatic rings. The van der Waals surface area contributed by atoms with Crippen molar-refractivity contribution in [2.75, 3.05) is 13.2 Å². The van der Waals surface area contributed by atoms with Gasteiger partial charge in [0.05, 0.1) is 13.2 Å². The number of nitriles is 1. The molecule has 0 aromatic heterocycles. The molecule has 0 N–H and O–H groups in total. The molecule has 0 radical (unpaired) electrons. The van der Waals surface area contributed by atoms with Gasteiger partial charge in [0.25, 0.3) is 0 Å². The molecule has 0 amide bonds. The first kappa shape index (κ1) is 22.3. The van der Waals surface area contributed by atoms with Crippen molar-refractivity contribution in [1.82, 2.24) is 0 Å². The second-order valence-electron chi connectivity index (χ2n) is 8.22. The molecule has 166 valence electrons. The van der Waals surface area contributed by atoms with Crippen molar-refractivity contribution in [1.29, 1.82) is 5.26 Å². The number of halogens is 3. The number of hydrogen-bond donors (Lipinski definition) is 0. The summed E-state index contributed by atoms with van der Waals surface area (Å²) in [7, 11) is 0. The Morgan fingerprint density at radius 1 is 0.969 bits per heavy atom. The Morgan fingerprint density at radius 2 is 1.69 bits per heavy atom. The highest BCUT2D eigenvalue weighted by Gasteiger charge is 2.23. The first-order chi connectivity index (χ1) is 15.5. The van der Waals surface area contributed by atoms with E-state index in [2.05, 4.69) is 6.92 Å².